The molecule has 1 heterocycles. The summed E-state index contributed by atoms with van der Waals surface area (Å²) in [5.41, 5.74) is 0.652. The number of rotatable bonds is 5. The molecule has 2 N–H and O–H groups in total. The lowest BCUT2D eigenvalue weighted by Crippen LogP contribution is -2.54. The van der Waals surface area contributed by atoms with Crippen molar-refractivity contribution >= 4 is 45.5 Å². The minimum absolute atomic E-state index is 0.00399. The first-order chi connectivity index (χ1) is 13.4. The Morgan fingerprint density at radius 2 is 1.86 bits per heavy atom. The van der Waals surface area contributed by atoms with Gasteiger partial charge in [-0.25, -0.2) is 9.69 Å². The van der Waals surface area contributed by atoms with Crippen molar-refractivity contribution < 1.29 is 24.2 Å². The molecule has 2 aromatic carbocycles. The van der Waals surface area contributed by atoms with Crippen LogP contribution in [0.3, 0.4) is 0 Å². The van der Waals surface area contributed by atoms with Crippen LogP contribution in [0.1, 0.15) is 18.9 Å². The van der Waals surface area contributed by atoms with Crippen molar-refractivity contribution in [1.82, 2.24) is 5.32 Å². The maximum atomic E-state index is 12.8. The van der Waals surface area contributed by atoms with Crippen LogP contribution in [0.15, 0.2) is 52.5 Å². The number of carbonyl (C=O) groups excluding carboxylic acids is 3. The van der Waals surface area contributed by atoms with Crippen LogP contribution < -0.4 is 15.0 Å². The van der Waals surface area contributed by atoms with Gasteiger partial charge in [-0.1, -0.05) is 13.0 Å². The van der Waals surface area contributed by atoms with Crippen LogP contribution in [0, 0.1) is 0 Å². The number of hydrogen-bond donors (Lipinski definition) is 2. The SMILES string of the molecule is CCCOc1ccc(/C=C2\C(=O)NC(=O)N(c3ccc(O)cc3)C2=O)cc1Br. The summed E-state index contributed by atoms with van der Waals surface area (Å²) in [6, 6.07) is 9.85. The molecular weight excluding hydrogens is 428 g/mol. The number of imide groups is 2. The lowest BCUT2D eigenvalue weighted by Gasteiger charge is -2.26. The molecule has 28 heavy (non-hydrogen) atoms. The van der Waals surface area contributed by atoms with Crippen molar-refractivity contribution in [3.8, 4) is 11.5 Å². The van der Waals surface area contributed by atoms with Gasteiger partial charge in [-0.2, -0.15) is 0 Å². The van der Waals surface area contributed by atoms with E-state index in [1.54, 1.807) is 18.2 Å². The van der Waals surface area contributed by atoms with Crippen LogP contribution >= 0.6 is 15.9 Å². The van der Waals surface area contributed by atoms with Gasteiger partial charge in [-0.15, -0.1) is 0 Å². The third-order valence-corrected chi connectivity index (χ3v) is 4.56. The largest absolute Gasteiger partial charge is 0.508 e. The van der Waals surface area contributed by atoms with Crippen LogP contribution in [0.25, 0.3) is 6.08 Å². The number of phenols is 1. The maximum absolute atomic E-state index is 12.8. The van der Waals surface area contributed by atoms with E-state index in [2.05, 4.69) is 21.2 Å². The van der Waals surface area contributed by atoms with Gasteiger partial charge in [0.25, 0.3) is 11.8 Å². The lowest BCUT2D eigenvalue weighted by atomic mass is 10.1. The Kier molecular flexibility index (Phi) is 5.79. The summed E-state index contributed by atoms with van der Waals surface area (Å²) in [4.78, 5) is 38.0. The van der Waals surface area contributed by atoms with Gasteiger partial charge in [0.05, 0.1) is 16.8 Å². The number of carbonyl (C=O) groups is 3. The van der Waals surface area contributed by atoms with E-state index in [0.717, 1.165) is 11.3 Å². The average molecular weight is 445 g/mol. The quantitative estimate of drug-likeness (QED) is 0.542. The van der Waals surface area contributed by atoms with E-state index in [4.69, 9.17) is 4.74 Å². The molecule has 8 heteroatoms. The van der Waals surface area contributed by atoms with Crippen molar-refractivity contribution in [3.05, 3.63) is 58.1 Å². The van der Waals surface area contributed by atoms with Crippen molar-refractivity contribution in [1.29, 1.82) is 0 Å². The van der Waals surface area contributed by atoms with Crippen LogP contribution in [-0.4, -0.2) is 29.6 Å². The van der Waals surface area contributed by atoms with Gasteiger partial charge in [0, 0.05) is 0 Å². The second-order valence-corrected chi connectivity index (χ2v) is 6.87. The van der Waals surface area contributed by atoms with E-state index in [9.17, 15) is 19.5 Å². The number of urea groups is 1. The van der Waals surface area contributed by atoms with Crippen LogP contribution in [0.2, 0.25) is 0 Å². The molecule has 0 spiro atoms. The highest BCUT2D eigenvalue weighted by atomic mass is 79.9. The highest BCUT2D eigenvalue weighted by molar-refractivity contribution is 9.10. The molecular formula is C20H17BrN2O5. The summed E-state index contributed by atoms with van der Waals surface area (Å²) in [5, 5.41) is 11.6. The Morgan fingerprint density at radius 1 is 1.14 bits per heavy atom. The number of ether oxygens (including phenoxy) is 1. The highest BCUT2D eigenvalue weighted by Crippen LogP contribution is 2.28. The Hall–Kier alpha value is -3.13. The molecule has 7 nitrogen and oxygen atoms in total. The number of anilines is 1. The molecule has 3 rings (SSSR count). The molecule has 2 aromatic rings. The van der Waals surface area contributed by atoms with E-state index >= 15 is 0 Å². The average Bonchev–Trinajstić information content (AvgIpc) is 2.66. The molecule has 144 valence electrons. The van der Waals surface area contributed by atoms with Gasteiger partial charge in [0.15, 0.2) is 0 Å². The van der Waals surface area contributed by atoms with Crippen molar-refractivity contribution in [2.24, 2.45) is 0 Å². The molecule has 1 aliphatic heterocycles. The second-order valence-electron chi connectivity index (χ2n) is 6.01. The molecule has 0 atom stereocenters. The first-order valence-corrected chi connectivity index (χ1v) is 9.33. The second kappa shape index (κ2) is 8.26. The maximum Gasteiger partial charge on any atom is 0.335 e. The summed E-state index contributed by atoms with van der Waals surface area (Å²) < 4.78 is 6.27. The third-order valence-electron chi connectivity index (χ3n) is 3.94. The molecule has 0 radical (unpaired) electrons. The number of hydrogen-bond acceptors (Lipinski definition) is 5. The van der Waals surface area contributed by atoms with Crippen LogP contribution in [-0.2, 0) is 9.59 Å². The predicted octanol–water partition coefficient (Wildman–Crippen LogP) is 3.61. The topological polar surface area (TPSA) is 95.9 Å². The van der Waals surface area contributed by atoms with Gasteiger partial charge < -0.3 is 9.84 Å². The Balaban J connectivity index is 1.92. The number of benzene rings is 2. The van der Waals surface area contributed by atoms with Crippen molar-refractivity contribution in [2.75, 3.05) is 11.5 Å². The fourth-order valence-electron chi connectivity index (χ4n) is 2.60. The summed E-state index contributed by atoms with van der Waals surface area (Å²) in [6.07, 6.45) is 2.28. The minimum atomic E-state index is -0.845. The summed E-state index contributed by atoms with van der Waals surface area (Å²) in [6.45, 7) is 2.57. The molecule has 1 fully saturated rings. The molecule has 0 aromatic heterocycles. The van der Waals surface area contributed by atoms with Gasteiger partial charge in [0.1, 0.15) is 17.1 Å². The van der Waals surface area contributed by atoms with Gasteiger partial charge in [-0.05, 0) is 70.4 Å². The summed E-state index contributed by atoms with van der Waals surface area (Å²) in [7, 11) is 0. The molecule has 0 aliphatic carbocycles. The van der Waals surface area contributed by atoms with Crippen LogP contribution in [0.5, 0.6) is 11.5 Å². The van der Waals surface area contributed by atoms with E-state index in [1.165, 1.54) is 30.3 Å². The number of nitrogens with one attached hydrogen (secondary N) is 1. The minimum Gasteiger partial charge on any atom is -0.508 e. The standard InChI is InChI=1S/C20H17BrN2O5/c1-2-9-28-17-8-3-12(11-16(17)21)10-15-18(25)22-20(27)23(19(15)26)13-4-6-14(24)7-5-13/h3-8,10-11,24H,2,9H2,1H3,(H,22,25,27)/b15-10+. The number of barbiturate groups is 1. The van der Waals surface area contributed by atoms with Gasteiger partial charge in [0.2, 0.25) is 0 Å². The number of aromatic hydroxyl groups is 1. The molecule has 0 bridgehead atoms. The Bertz CT molecular complexity index is 969. The predicted molar refractivity (Wildman–Crippen MR) is 107 cm³/mol. The number of amides is 4. The van der Waals surface area contributed by atoms with E-state index in [-0.39, 0.29) is 17.0 Å². The first kappa shape index (κ1) is 19.6. The fraction of sp³-hybridized carbons (Fsp3) is 0.150. The Labute approximate surface area is 169 Å². The molecule has 4 amide bonds. The van der Waals surface area contributed by atoms with E-state index in [0.29, 0.717) is 22.4 Å². The monoisotopic (exact) mass is 444 g/mol. The summed E-state index contributed by atoms with van der Waals surface area (Å²) >= 11 is 3.41. The molecule has 1 aliphatic rings. The first-order valence-electron chi connectivity index (χ1n) is 8.53. The zero-order valence-corrected chi connectivity index (χ0v) is 16.5. The molecule has 0 unspecified atom stereocenters. The Morgan fingerprint density at radius 3 is 2.50 bits per heavy atom. The fourth-order valence-corrected chi connectivity index (χ4v) is 3.11. The summed E-state index contributed by atoms with van der Waals surface area (Å²) in [5.74, 6) is -0.866. The zero-order chi connectivity index (χ0) is 20.3. The molecule has 1 saturated heterocycles. The van der Waals surface area contributed by atoms with Crippen LogP contribution in [0.4, 0.5) is 10.5 Å². The smallest absolute Gasteiger partial charge is 0.335 e. The number of nitrogens with zero attached hydrogens (tertiary/aromatic N) is 1. The van der Waals surface area contributed by atoms with Gasteiger partial charge >= 0.3 is 6.03 Å². The normalized spacial score (nSPS) is 15.7. The van der Waals surface area contributed by atoms with E-state index < -0.39 is 17.8 Å². The zero-order valence-electron chi connectivity index (χ0n) is 14.9. The number of phenolic OH excluding ortho intramolecular Hbond substituents is 1. The van der Waals surface area contributed by atoms with Crippen molar-refractivity contribution in [3.63, 3.8) is 0 Å². The third kappa shape index (κ3) is 4.07. The number of halogens is 1. The lowest BCUT2D eigenvalue weighted by molar-refractivity contribution is -0.122. The van der Waals surface area contributed by atoms with Gasteiger partial charge in [-0.3, -0.25) is 14.9 Å². The highest BCUT2D eigenvalue weighted by Gasteiger charge is 2.36. The van der Waals surface area contributed by atoms with Crippen molar-refractivity contribution in [2.45, 2.75) is 13.3 Å². The molecule has 0 saturated carbocycles. The van der Waals surface area contributed by atoms with E-state index in [1.807, 2.05) is 6.92 Å².